The van der Waals surface area contributed by atoms with Crippen LogP contribution in [-0.2, 0) is 12.7 Å². The Morgan fingerprint density at radius 2 is 1.41 bits per heavy atom. The van der Waals surface area contributed by atoms with E-state index in [4.69, 9.17) is 0 Å². The summed E-state index contributed by atoms with van der Waals surface area (Å²) in [5.41, 5.74) is 4.62. The summed E-state index contributed by atoms with van der Waals surface area (Å²) in [5, 5.41) is 0. The highest BCUT2D eigenvalue weighted by atomic mass is 32.2. The van der Waals surface area contributed by atoms with E-state index >= 15 is 0 Å². The molecule has 3 aromatic carbocycles. The Balaban J connectivity index is 1.59. The maximum atomic E-state index is 13.4. The Bertz CT molecular complexity index is 1100. The topological polar surface area (TPSA) is 3.24 Å². The number of hydrogen-bond donors (Lipinski definition) is 0. The van der Waals surface area contributed by atoms with Gasteiger partial charge in [0, 0.05) is 29.4 Å². The summed E-state index contributed by atoms with van der Waals surface area (Å²) in [4.78, 5) is 4.29. The fourth-order valence-corrected chi connectivity index (χ4v) is 5.21. The van der Waals surface area contributed by atoms with Crippen molar-refractivity contribution in [1.82, 2.24) is 4.90 Å². The van der Waals surface area contributed by atoms with Crippen molar-refractivity contribution >= 4 is 22.9 Å². The molecule has 0 spiro atoms. The van der Waals surface area contributed by atoms with E-state index in [9.17, 15) is 13.2 Å². The molecule has 2 heterocycles. The van der Waals surface area contributed by atoms with Crippen LogP contribution in [0.2, 0.25) is 0 Å². The molecule has 0 amide bonds. The van der Waals surface area contributed by atoms with E-state index in [1.54, 1.807) is 17.8 Å². The second-order valence-electron chi connectivity index (χ2n) is 7.39. The van der Waals surface area contributed by atoms with Crippen LogP contribution < -0.4 is 0 Å². The SMILES string of the molecule is FC(F)(F)c1ccc2c(c1)C1=C(CN(Cc3ccccc3)C1)c1ccccc1S2. The molecule has 0 atom stereocenters. The largest absolute Gasteiger partial charge is 0.416 e. The second kappa shape index (κ2) is 7.08. The van der Waals surface area contributed by atoms with Crippen LogP contribution in [0.25, 0.3) is 11.1 Å². The van der Waals surface area contributed by atoms with E-state index in [2.05, 4.69) is 29.2 Å². The van der Waals surface area contributed by atoms with Gasteiger partial charge >= 0.3 is 6.18 Å². The van der Waals surface area contributed by atoms with E-state index in [1.165, 1.54) is 17.7 Å². The number of rotatable bonds is 2. The van der Waals surface area contributed by atoms with Gasteiger partial charge in [0.1, 0.15) is 0 Å². The highest BCUT2D eigenvalue weighted by molar-refractivity contribution is 7.99. The van der Waals surface area contributed by atoms with Crippen LogP contribution in [0.15, 0.2) is 82.6 Å². The minimum atomic E-state index is -4.35. The molecule has 5 heteroatoms. The molecule has 0 saturated heterocycles. The third-order valence-corrected chi connectivity index (χ3v) is 6.59. The Hall–Kier alpha value is -2.50. The van der Waals surface area contributed by atoms with Crippen molar-refractivity contribution in [2.24, 2.45) is 0 Å². The number of hydrogen-bond acceptors (Lipinski definition) is 2. The summed E-state index contributed by atoms with van der Waals surface area (Å²) in [6, 6.07) is 22.5. The van der Waals surface area contributed by atoms with Gasteiger partial charge in [-0.05, 0) is 52.1 Å². The molecule has 0 aromatic heterocycles. The zero-order valence-electron chi connectivity index (χ0n) is 15.5. The summed E-state index contributed by atoms with van der Waals surface area (Å²) in [7, 11) is 0. The summed E-state index contributed by atoms with van der Waals surface area (Å²) >= 11 is 1.56. The molecule has 146 valence electrons. The third kappa shape index (κ3) is 3.49. The van der Waals surface area contributed by atoms with Gasteiger partial charge in [0.05, 0.1) is 5.56 Å². The van der Waals surface area contributed by atoms with Gasteiger partial charge in [-0.2, -0.15) is 13.2 Å². The summed E-state index contributed by atoms with van der Waals surface area (Å²) in [6.07, 6.45) is -4.35. The van der Waals surface area contributed by atoms with Gasteiger partial charge in [-0.1, -0.05) is 60.3 Å². The van der Waals surface area contributed by atoms with Crippen molar-refractivity contribution in [2.45, 2.75) is 22.5 Å². The monoisotopic (exact) mass is 409 g/mol. The van der Waals surface area contributed by atoms with Gasteiger partial charge < -0.3 is 0 Å². The number of halogens is 3. The Morgan fingerprint density at radius 3 is 2.17 bits per heavy atom. The first kappa shape index (κ1) is 18.5. The lowest BCUT2D eigenvalue weighted by atomic mass is 9.96. The van der Waals surface area contributed by atoms with Gasteiger partial charge in [0.25, 0.3) is 0 Å². The number of fused-ring (bicyclic) bond motifs is 4. The molecule has 5 rings (SSSR count). The number of nitrogens with zero attached hydrogens (tertiary/aromatic N) is 1. The predicted octanol–water partition coefficient (Wildman–Crippen LogP) is 6.60. The molecule has 0 unspecified atom stereocenters. The van der Waals surface area contributed by atoms with E-state index in [0.717, 1.165) is 39.6 Å². The maximum Gasteiger partial charge on any atom is 0.416 e. The lowest BCUT2D eigenvalue weighted by Crippen LogP contribution is -2.21. The Labute approximate surface area is 171 Å². The summed E-state index contributed by atoms with van der Waals surface area (Å²) in [6.45, 7) is 2.16. The first-order chi connectivity index (χ1) is 14.0. The summed E-state index contributed by atoms with van der Waals surface area (Å²) in [5.74, 6) is 0. The minimum Gasteiger partial charge on any atom is -0.291 e. The fourth-order valence-electron chi connectivity index (χ4n) is 4.10. The van der Waals surface area contributed by atoms with Crippen molar-refractivity contribution in [1.29, 1.82) is 0 Å². The average molecular weight is 409 g/mol. The molecular weight excluding hydrogens is 391 g/mol. The maximum absolute atomic E-state index is 13.4. The van der Waals surface area contributed by atoms with E-state index in [0.29, 0.717) is 12.1 Å². The lowest BCUT2D eigenvalue weighted by molar-refractivity contribution is -0.137. The van der Waals surface area contributed by atoms with Crippen molar-refractivity contribution in [3.8, 4) is 0 Å². The lowest BCUT2D eigenvalue weighted by Gasteiger charge is -2.19. The first-order valence-electron chi connectivity index (χ1n) is 9.46. The standard InChI is InChI=1S/C24H18F3NS/c25-24(26,27)17-10-11-23-19(12-17)21-15-28(13-16-6-2-1-3-7-16)14-20(21)18-8-4-5-9-22(18)29-23/h1-12H,13-15H2. The molecule has 29 heavy (non-hydrogen) atoms. The Morgan fingerprint density at radius 1 is 0.759 bits per heavy atom. The van der Waals surface area contributed by atoms with E-state index in [-0.39, 0.29) is 0 Å². The van der Waals surface area contributed by atoms with Crippen LogP contribution in [0.4, 0.5) is 13.2 Å². The minimum absolute atomic E-state index is 0.587. The van der Waals surface area contributed by atoms with E-state index in [1.807, 2.05) is 30.3 Å². The van der Waals surface area contributed by atoms with Gasteiger partial charge in [-0.25, -0.2) is 0 Å². The van der Waals surface area contributed by atoms with Crippen LogP contribution in [0.5, 0.6) is 0 Å². The highest BCUT2D eigenvalue weighted by Gasteiger charge is 2.34. The molecule has 0 bridgehead atoms. The quantitative estimate of drug-likeness (QED) is 0.469. The smallest absolute Gasteiger partial charge is 0.291 e. The predicted molar refractivity (Wildman–Crippen MR) is 111 cm³/mol. The molecule has 2 aliphatic heterocycles. The Kier molecular flexibility index (Phi) is 4.52. The third-order valence-electron chi connectivity index (χ3n) is 5.44. The molecule has 0 radical (unpaired) electrons. The van der Waals surface area contributed by atoms with Gasteiger partial charge in [0.2, 0.25) is 0 Å². The average Bonchev–Trinajstić information content (AvgIpc) is 3.06. The highest BCUT2D eigenvalue weighted by Crippen LogP contribution is 2.48. The van der Waals surface area contributed by atoms with Gasteiger partial charge in [-0.15, -0.1) is 0 Å². The molecule has 2 aliphatic rings. The molecular formula is C24H18F3NS. The zero-order chi connectivity index (χ0) is 20.0. The molecule has 0 fully saturated rings. The molecule has 0 saturated carbocycles. The van der Waals surface area contributed by atoms with Crippen LogP contribution in [0.3, 0.4) is 0 Å². The van der Waals surface area contributed by atoms with Gasteiger partial charge in [-0.3, -0.25) is 4.90 Å². The normalized spacial score (nSPS) is 16.2. The second-order valence-corrected chi connectivity index (χ2v) is 8.48. The van der Waals surface area contributed by atoms with Crippen LogP contribution in [0, 0.1) is 0 Å². The first-order valence-corrected chi connectivity index (χ1v) is 10.3. The zero-order valence-corrected chi connectivity index (χ0v) is 16.4. The van der Waals surface area contributed by atoms with Crippen molar-refractivity contribution in [3.05, 3.63) is 95.1 Å². The fraction of sp³-hybridized carbons (Fsp3) is 0.167. The van der Waals surface area contributed by atoms with Gasteiger partial charge in [0.15, 0.2) is 0 Å². The van der Waals surface area contributed by atoms with Crippen molar-refractivity contribution < 1.29 is 13.2 Å². The van der Waals surface area contributed by atoms with Crippen LogP contribution >= 0.6 is 11.8 Å². The van der Waals surface area contributed by atoms with Crippen molar-refractivity contribution in [2.75, 3.05) is 13.1 Å². The van der Waals surface area contributed by atoms with Crippen LogP contribution in [-0.4, -0.2) is 18.0 Å². The summed E-state index contributed by atoms with van der Waals surface area (Å²) < 4.78 is 40.2. The molecule has 0 N–H and O–H groups in total. The molecule has 1 nitrogen and oxygen atoms in total. The number of alkyl halides is 3. The van der Waals surface area contributed by atoms with Crippen molar-refractivity contribution in [3.63, 3.8) is 0 Å². The number of benzene rings is 3. The van der Waals surface area contributed by atoms with E-state index < -0.39 is 11.7 Å². The van der Waals surface area contributed by atoms with Crippen LogP contribution in [0.1, 0.15) is 22.3 Å². The molecule has 0 aliphatic carbocycles. The molecule has 3 aromatic rings.